The predicted molar refractivity (Wildman–Crippen MR) is 73.4 cm³/mol. The minimum absolute atomic E-state index is 0.0320. The van der Waals surface area contributed by atoms with Gasteiger partial charge in [0.15, 0.2) is 0 Å². The molecule has 0 aliphatic rings. The van der Waals surface area contributed by atoms with Gasteiger partial charge in [0, 0.05) is 12.2 Å². The molecule has 0 aliphatic heterocycles. The molecule has 3 N–H and O–H groups in total. The molecule has 0 saturated carbocycles. The number of rotatable bonds is 5. The fourth-order valence-electron chi connectivity index (χ4n) is 1.51. The van der Waals surface area contributed by atoms with E-state index in [0.29, 0.717) is 6.54 Å². The number of hydrogen-bond donors (Lipinski definition) is 3. The number of benzene rings is 1. The fraction of sp³-hybridized carbons (Fsp3) is 0.385. The van der Waals surface area contributed by atoms with Gasteiger partial charge in [0.25, 0.3) is 0 Å². The molecule has 0 bridgehead atoms. The molecule has 0 spiro atoms. The molecule has 104 valence electrons. The number of carbonyl (C=O) groups is 2. The molecule has 6 heteroatoms. The third-order valence-electron chi connectivity index (χ3n) is 2.46. The molecule has 19 heavy (non-hydrogen) atoms. The van der Waals surface area contributed by atoms with Crippen LogP contribution in [0.5, 0.6) is 5.75 Å². The van der Waals surface area contributed by atoms with Gasteiger partial charge < -0.3 is 15.4 Å². The Labute approximate surface area is 112 Å². The van der Waals surface area contributed by atoms with Crippen molar-refractivity contribution in [2.75, 3.05) is 25.5 Å². The van der Waals surface area contributed by atoms with E-state index in [1.807, 2.05) is 19.1 Å². The van der Waals surface area contributed by atoms with Crippen molar-refractivity contribution in [1.29, 1.82) is 0 Å². The van der Waals surface area contributed by atoms with Crippen molar-refractivity contribution in [2.24, 2.45) is 0 Å². The number of carbonyl (C=O) groups excluding carboxylic acids is 2. The second-order valence-electron chi connectivity index (χ2n) is 3.94. The van der Waals surface area contributed by atoms with Gasteiger partial charge in [-0.25, -0.2) is 4.79 Å². The molecule has 0 aliphatic carbocycles. The lowest BCUT2D eigenvalue weighted by Crippen LogP contribution is -2.41. The highest BCUT2D eigenvalue weighted by molar-refractivity contribution is 5.96. The van der Waals surface area contributed by atoms with Crippen molar-refractivity contribution in [3.05, 3.63) is 23.8 Å². The summed E-state index contributed by atoms with van der Waals surface area (Å²) in [5, 5.41) is 7.67. The van der Waals surface area contributed by atoms with Gasteiger partial charge in [-0.3, -0.25) is 10.1 Å². The van der Waals surface area contributed by atoms with Gasteiger partial charge >= 0.3 is 6.03 Å². The maximum Gasteiger partial charge on any atom is 0.321 e. The van der Waals surface area contributed by atoms with Crippen molar-refractivity contribution in [2.45, 2.75) is 13.8 Å². The summed E-state index contributed by atoms with van der Waals surface area (Å²) < 4.78 is 5.10. The molecule has 0 atom stereocenters. The van der Waals surface area contributed by atoms with Crippen molar-refractivity contribution in [3.8, 4) is 5.75 Å². The van der Waals surface area contributed by atoms with E-state index in [1.54, 1.807) is 20.1 Å². The predicted octanol–water partition coefficient (Wildman–Crippen LogP) is 1.26. The van der Waals surface area contributed by atoms with Gasteiger partial charge in [-0.15, -0.1) is 0 Å². The zero-order chi connectivity index (χ0) is 14.3. The van der Waals surface area contributed by atoms with Gasteiger partial charge in [-0.2, -0.15) is 0 Å². The number of hydrogen-bond acceptors (Lipinski definition) is 4. The van der Waals surface area contributed by atoms with E-state index in [0.717, 1.165) is 17.0 Å². The molecule has 1 rings (SSSR count). The Bertz CT molecular complexity index is 460. The van der Waals surface area contributed by atoms with Gasteiger partial charge in [0.1, 0.15) is 5.75 Å². The monoisotopic (exact) mass is 265 g/mol. The van der Waals surface area contributed by atoms with E-state index in [1.165, 1.54) is 0 Å². The number of methoxy groups -OCH3 is 1. The zero-order valence-electron chi connectivity index (χ0n) is 11.4. The molecule has 0 aromatic heterocycles. The van der Waals surface area contributed by atoms with Crippen LogP contribution in [0.1, 0.15) is 12.5 Å². The number of aryl methyl sites for hydroxylation is 1. The molecule has 0 heterocycles. The third-order valence-corrected chi connectivity index (χ3v) is 2.46. The first kappa shape index (κ1) is 14.8. The normalized spacial score (nSPS) is 9.63. The summed E-state index contributed by atoms with van der Waals surface area (Å²) in [4.78, 5) is 22.6. The smallest absolute Gasteiger partial charge is 0.321 e. The highest BCUT2D eigenvalue weighted by atomic mass is 16.5. The maximum atomic E-state index is 11.5. The van der Waals surface area contributed by atoms with Crippen LogP contribution in [0, 0.1) is 6.92 Å². The second kappa shape index (κ2) is 7.25. The summed E-state index contributed by atoms with van der Waals surface area (Å²) in [6.45, 7) is 4.20. The third kappa shape index (κ3) is 4.87. The molecule has 0 unspecified atom stereocenters. The second-order valence-corrected chi connectivity index (χ2v) is 3.94. The van der Waals surface area contributed by atoms with Gasteiger partial charge in [-0.05, 0) is 37.6 Å². The highest BCUT2D eigenvalue weighted by Gasteiger charge is 2.07. The van der Waals surface area contributed by atoms with Crippen LogP contribution in [0.4, 0.5) is 10.5 Å². The number of ether oxygens (including phenoxy) is 1. The summed E-state index contributed by atoms with van der Waals surface area (Å²) in [5.41, 5.74) is 1.79. The average Bonchev–Trinajstić information content (AvgIpc) is 2.37. The SMILES string of the molecule is CCNC(=O)NC(=O)CNc1ccc(OC)cc1C. The van der Waals surface area contributed by atoms with Crippen LogP contribution in [-0.2, 0) is 4.79 Å². The van der Waals surface area contributed by atoms with Crippen molar-refractivity contribution in [3.63, 3.8) is 0 Å². The first-order chi connectivity index (χ1) is 9.06. The van der Waals surface area contributed by atoms with Crippen LogP contribution in [-0.4, -0.2) is 32.1 Å². The molecule has 0 saturated heterocycles. The maximum absolute atomic E-state index is 11.5. The summed E-state index contributed by atoms with van der Waals surface area (Å²) >= 11 is 0. The van der Waals surface area contributed by atoms with Crippen LogP contribution < -0.4 is 20.7 Å². The summed E-state index contributed by atoms with van der Waals surface area (Å²) in [6, 6.07) is 5.01. The lowest BCUT2D eigenvalue weighted by atomic mass is 10.2. The topological polar surface area (TPSA) is 79.5 Å². The Kier molecular flexibility index (Phi) is 5.66. The Morgan fingerprint density at radius 2 is 2.05 bits per heavy atom. The molecular weight excluding hydrogens is 246 g/mol. The Morgan fingerprint density at radius 1 is 1.32 bits per heavy atom. The van der Waals surface area contributed by atoms with Gasteiger partial charge in [-0.1, -0.05) is 0 Å². The van der Waals surface area contributed by atoms with E-state index in [4.69, 9.17) is 4.74 Å². The van der Waals surface area contributed by atoms with E-state index < -0.39 is 6.03 Å². The van der Waals surface area contributed by atoms with Crippen molar-refractivity contribution >= 4 is 17.6 Å². The standard InChI is InChI=1S/C13H19N3O3/c1-4-14-13(18)16-12(17)8-15-11-6-5-10(19-3)7-9(11)2/h5-7,15H,4,8H2,1-3H3,(H2,14,16,17,18). The lowest BCUT2D eigenvalue weighted by Gasteiger charge is -2.10. The lowest BCUT2D eigenvalue weighted by molar-refractivity contribution is -0.118. The first-order valence-electron chi connectivity index (χ1n) is 6.03. The minimum Gasteiger partial charge on any atom is -0.497 e. The Hall–Kier alpha value is -2.24. The van der Waals surface area contributed by atoms with E-state index in [2.05, 4.69) is 16.0 Å². The van der Waals surface area contributed by atoms with Gasteiger partial charge in [0.05, 0.1) is 13.7 Å². The zero-order valence-corrected chi connectivity index (χ0v) is 11.4. The van der Waals surface area contributed by atoms with Crippen LogP contribution in [0.3, 0.4) is 0 Å². The average molecular weight is 265 g/mol. The summed E-state index contributed by atoms with van der Waals surface area (Å²) in [7, 11) is 1.60. The quantitative estimate of drug-likeness (QED) is 0.749. The molecule has 3 amide bonds. The molecule has 1 aromatic carbocycles. The number of amides is 3. The Balaban J connectivity index is 2.48. The molecule has 0 radical (unpaired) electrons. The molecule has 6 nitrogen and oxygen atoms in total. The summed E-state index contributed by atoms with van der Waals surface area (Å²) in [6.07, 6.45) is 0. The first-order valence-corrected chi connectivity index (χ1v) is 6.03. The van der Waals surface area contributed by atoms with E-state index in [9.17, 15) is 9.59 Å². The van der Waals surface area contributed by atoms with E-state index >= 15 is 0 Å². The van der Waals surface area contributed by atoms with E-state index in [-0.39, 0.29) is 12.5 Å². The van der Waals surface area contributed by atoms with Crippen LogP contribution in [0.15, 0.2) is 18.2 Å². The van der Waals surface area contributed by atoms with Crippen molar-refractivity contribution < 1.29 is 14.3 Å². The van der Waals surface area contributed by atoms with Crippen LogP contribution in [0.2, 0.25) is 0 Å². The largest absolute Gasteiger partial charge is 0.497 e. The van der Waals surface area contributed by atoms with Crippen LogP contribution in [0.25, 0.3) is 0 Å². The van der Waals surface area contributed by atoms with Gasteiger partial charge in [0.2, 0.25) is 5.91 Å². The number of nitrogens with one attached hydrogen (secondary N) is 3. The van der Waals surface area contributed by atoms with Crippen molar-refractivity contribution in [1.82, 2.24) is 10.6 Å². The molecular formula is C13H19N3O3. The molecule has 1 aromatic rings. The number of anilines is 1. The van der Waals surface area contributed by atoms with Crippen LogP contribution >= 0.6 is 0 Å². The molecule has 0 fully saturated rings. The number of urea groups is 1. The summed E-state index contributed by atoms with van der Waals surface area (Å²) in [5.74, 6) is 0.371. The highest BCUT2D eigenvalue weighted by Crippen LogP contribution is 2.20. The fourth-order valence-corrected chi connectivity index (χ4v) is 1.51. The Morgan fingerprint density at radius 3 is 2.63 bits per heavy atom. The number of imide groups is 1. The minimum atomic E-state index is -0.485.